The van der Waals surface area contributed by atoms with E-state index in [-0.39, 0.29) is 15.3 Å². The molecular weight excluding hydrogens is 418 g/mol. The monoisotopic (exact) mass is 429 g/mol. The van der Waals surface area contributed by atoms with Crippen LogP contribution in [0.15, 0.2) is 32.4 Å². The van der Waals surface area contributed by atoms with Gasteiger partial charge in [-0.15, -0.1) is 0 Å². The summed E-state index contributed by atoms with van der Waals surface area (Å²) in [6.45, 7) is 3.04. The van der Waals surface area contributed by atoms with Crippen molar-refractivity contribution in [2.75, 3.05) is 0 Å². The van der Waals surface area contributed by atoms with Gasteiger partial charge in [0.2, 0.25) is 0 Å². The fourth-order valence-electron chi connectivity index (χ4n) is 1.94. The molecular formula is C14H12BrN3O4S2. The molecule has 7 nitrogen and oxygen atoms in total. The highest BCUT2D eigenvalue weighted by atomic mass is 79.9. The number of nitrogens with zero attached hydrogens (tertiary/aromatic N) is 2. The van der Waals surface area contributed by atoms with Gasteiger partial charge in [0, 0.05) is 15.0 Å². The molecule has 1 N–H and O–H groups in total. The molecule has 10 heteroatoms. The van der Waals surface area contributed by atoms with Crippen LogP contribution in [0.2, 0.25) is 0 Å². The van der Waals surface area contributed by atoms with E-state index >= 15 is 0 Å². The van der Waals surface area contributed by atoms with Gasteiger partial charge in [-0.05, 0) is 32.0 Å². The molecule has 0 aliphatic rings. The highest BCUT2D eigenvalue weighted by Gasteiger charge is 2.20. The molecule has 1 aromatic carbocycles. The van der Waals surface area contributed by atoms with Crippen LogP contribution in [0.4, 0.5) is 0 Å². The lowest BCUT2D eigenvalue weighted by atomic mass is 10.2. The summed E-state index contributed by atoms with van der Waals surface area (Å²) in [6, 6.07) is 5.74. The highest BCUT2D eigenvalue weighted by molar-refractivity contribution is 9.10. The molecule has 0 bridgehead atoms. The quantitative estimate of drug-likeness (QED) is 0.794. The number of carbonyl (C=O) groups excluding carboxylic acids is 1. The second-order valence-electron chi connectivity index (χ2n) is 4.91. The van der Waals surface area contributed by atoms with E-state index in [9.17, 15) is 18.0 Å². The summed E-state index contributed by atoms with van der Waals surface area (Å²) in [7, 11) is -4.15. The molecule has 0 spiro atoms. The molecule has 24 heavy (non-hydrogen) atoms. The number of halogens is 1. The number of benzene rings is 1. The maximum Gasteiger partial charge on any atom is 0.308 e. The maximum atomic E-state index is 12.3. The van der Waals surface area contributed by atoms with Crippen molar-refractivity contribution in [1.82, 2.24) is 9.29 Å². The van der Waals surface area contributed by atoms with Crippen molar-refractivity contribution in [3.8, 4) is 6.07 Å². The third-order valence-electron chi connectivity index (χ3n) is 3.24. The van der Waals surface area contributed by atoms with E-state index in [2.05, 4.69) is 15.9 Å². The Kier molecular flexibility index (Phi) is 5.27. The fourth-order valence-corrected chi connectivity index (χ4v) is 4.46. The summed E-state index contributed by atoms with van der Waals surface area (Å²) in [4.78, 5) is 24.0. The molecule has 0 aliphatic carbocycles. The average Bonchev–Trinajstić information content (AvgIpc) is 2.72. The third-order valence-corrected chi connectivity index (χ3v) is 6.04. The predicted octanol–water partition coefficient (Wildman–Crippen LogP) is 1.67. The van der Waals surface area contributed by atoms with E-state index in [1.807, 2.05) is 10.8 Å². The summed E-state index contributed by atoms with van der Waals surface area (Å²) < 4.78 is 28.1. The molecule has 0 saturated heterocycles. The zero-order chi connectivity index (χ0) is 18.1. The number of aromatic nitrogens is 1. The normalized spacial score (nSPS) is 11.1. The lowest BCUT2D eigenvalue weighted by molar-refractivity contribution is -0.119. The number of carbonyl (C=O) groups is 1. The van der Waals surface area contributed by atoms with Gasteiger partial charge in [-0.25, -0.2) is 13.1 Å². The van der Waals surface area contributed by atoms with E-state index in [1.165, 1.54) is 16.7 Å². The van der Waals surface area contributed by atoms with Crippen LogP contribution >= 0.6 is 27.3 Å². The molecule has 1 heterocycles. The standard InChI is InChI=1S/C14H12BrN3O4S2/c1-8-9(2)23-14(20)18(8)7-13(19)17-24(21,22)12-4-10(6-16)3-11(15)5-12/h3-5H,7H2,1-2H3,(H,17,19). The van der Waals surface area contributed by atoms with Crippen molar-refractivity contribution >= 4 is 43.2 Å². The van der Waals surface area contributed by atoms with Crippen LogP contribution in [0.1, 0.15) is 16.1 Å². The number of hydrogen-bond donors (Lipinski definition) is 1. The molecule has 1 amide bonds. The number of nitrogens with one attached hydrogen (secondary N) is 1. The molecule has 0 radical (unpaired) electrons. The molecule has 2 aromatic rings. The van der Waals surface area contributed by atoms with Crippen LogP contribution in [0, 0.1) is 25.2 Å². The zero-order valence-corrected chi connectivity index (χ0v) is 15.9. The zero-order valence-electron chi connectivity index (χ0n) is 12.7. The van der Waals surface area contributed by atoms with Crippen molar-refractivity contribution in [1.29, 1.82) is 5.26 Å². The lowest BCUT2D eigenvalue weighted by Crippen LogP contribution is -2.35. The number of thiazole rings is 1. The minimum atomic E-state index is -4.15. The first-order valence-electron chi connectivity index (χ1n) is 6.57. The Hall–Kier alpha value is -1.96. The topological polar surface area (TPSA) is 109 Å². The van der Waals surface area contributed by atoms with Crippen molar-refractivity contribution in [2.24, 2.45) is 0 Å². The number of sulfonamides is 1. The SMILES string of the molecule is Cc1sc(=O)n(CC(=O)NS(=O)(=O)c2cc(Br)cc(C#N)c2)c1C. The molecule has 126 valence electrons. The highest BCUT2D eigenvalue weighted by Crippen LogP contribution is 2.19. The van der Waals surface area contributed by atoms with Crippen LogP contribution < -0.4 is 9.60 Å². The minimum Gasteiger partial charge on any atom is -0.294 e. The van der Waals surface area contributed by atoms with E-state index in [0.29, 0.717) is 10.2 Å². The van der Waals surface area contributed by atoms with Gasteiger partial charge in [0.1, 0.15) is 6.54 Å². The average molecular weight is 430 g/mol. The van der Waals surface area contributed by atoms with Gasteiger partial charge in [0.25, 0.3) is 15.9 Å². The number of nitriles is 1. The van der Waals surface area contributed by atoms with E-state index in [0.717, 1.165) is 22.3 Å². The first-order valence-corrected chi connectivity index (χ1v) is 9.66. The second kappa shape index (κ2) is 6.88. The number of amides is 1. The van der Waals surface area contributed by atoms with Crippen LogP contribution in [0.5, 0.6) is 0 Å². The van der Waals surface area contributed by atoms with E-state index in [1.54, 1.807) is 13.8 Å². The van der Waals surface area contributed by atoms with Gasteiger partial charge >= 0.3 is 4.87 Å². The molecule has 0 aliphatic heterocycles. The molecule has 0 fully saturated rings. The summed E-state index contributed by atoms with van der Waals surface area (Å²) in [5.41, 5.74) is 0.754. The van der Waals surface area contributed by atoms with Gasteiger partial charge in [0.15, 0.2) is 0 Å². The van der Waals surface area contributed by atoms with Crippen molar-refractivity contribution in [2.45, 2.75) is 25.3 Å². The van der Waals surface area contributed by atoms with Gasteiger partial charge < -0.3 is 0 Å². The van der Waals surface area contributed by atoms with Crippen LogP contribution in [-0.2, 0) is 21.4 Å². The first kappa shape index (κ1) is 18.4. The number of hydrogen-bond acceptors (Lipinski definition) is 6. The Morgan fingerprint density at radius 3 is 2.58 bits per heavy atom. The Labute approximate surface area is 150 Å². The van der Waals surface area contributed by atoms with Gasteiger partial charge in [0.05, 0.1) is 16.5 Å². The number of rotatable bonds is 4. The smallest absolute Gasteiger partial charge is 0.294 e. The summed E-state index contributed by atoms with van der Waals surface area (Å²) in [5.74, 6) is -0.837. The maximum absolute atomic E-state index is 12.3. The van der Waals surface area contributed by atoms with Crippen molar-refractivity contribution in [3.63, 3.8) is 0 Å². The molecule has 0 atom stereocenters. The molecule has 0 saturated carbocycles. The Bertz CT molecular complexity index is 1020. The molecule has 2 rings (SSSR count). The third kappa shape index (κ3) is 3.92. The largest absolute Gasteiger partial charge is 0.308 e. The van der Waals surface area contributed by atoms with E-state index in [4.69, 9.17) is 5.26 Å². The predicted molar refractivity (Wildman–Crippen MR) is 92.2 cm³/mol. The van der Waals surface area contributed by atoms with Gasteiger partial charge in [-0.2, -0.15) is 5.26 Å². The summed E-state index contributed by atoms with van der Waals surface area (Å²) in [6.07, 6.45) is 0. The van der Waals surface area contributed by atoms with Crippen LogP contribution in [0.25, 0.3) is 0 Å². The minimum absolute atomic E-state index is 0.137. The van der Waals surface area contributed by atoms with Crippen molar-refractivity contribution in [3.05, 3.63) is 48.5 Å². The summed E-state index contributed by atoms with van der Waals surface area (Å²) >= 11 is 4.11. The Morgan fingerprint density at radius 1 is 1.38 bits per heavy atom. The molecule has 0 unspecified atom stereocenters. The van der Waals surface area contributed by atoms with Gasteiger partial charge in [-0.3, -0.25) is 14.2 Å². The molecule has 1 aromatic heterocycles. The Morgan fingerprint density at radius 2 is 2.04 bits per heavy atom. The Balaban J connectivity index is 2.26. The lowest BCUT2D eigenvalue weighted by Gasteiger charge is -2.09. The van der Waals surface area contributed by atoms with Gasteiger partial charge in [-0.1, -0.05) is 27.3 Å². The summed E-state index contributed by atoms with van der Waals surface area (Å²) in [5, 5.41) is 8.90. The van der Waals surface area contributed by atoms with Crippen LogP contribution in [-0.4, -0.2) is 18.9 Å². The van der Waals surface area contributed by atoms with Crippen molar-refractivity contribution < 1.29 is 13.2 Å². The second-order valence-corrected chi connectivity index (χ2v) is 8.68. The van der Waals surface area contributed by atoms with E-state index < -0.39 is 22.5 Å². The van der Waals surface area contributed by atoms with Crippen LogP contribution in [0.3, 0.4) is 0 Å². The first-order chi connectivity index (χ1) is 11.1. The number of aryl methyl sites for hydroxylation is 1. The fraction of sp³-hybridized carbons (Fsp3) is 0.214.